The third-order valence-corrected chi connectivity index (χ3v) is 6.10. The van der Waals surface area contributed by atoms with Crippen molar-refractivity contribution >= 4 is 34.8 Å². The molecule has 0 radical (unpaired) electrons. The average Bonchev–Trinajstić information content (AvgIpc) is 3.04. The summed E-state index contributed by atoms with van der Waals surface area (Å²) in [6.07, 6.45) is 0.252. The minimum Gasteiger partial charge on any atom is -0.497 e. The fraction of sp³-hybridized carbons (Fsp3) is 0.364. The largest absolute Gasteiger partial charge is 0.497 e. The number of aryl methyl sites for hydroxylation is 1. The standard InChI is InChI=1S/C22H24ClN3O3/c1-15-6-7-16(23)12-19(15)24-8-10-25(11-9-24)20-14-21(27)26(22(20)28)17-4-3-5-18(13-17)29-2/h3-7,12-13,20H,8-11,14H2,1-2H3/p+1/t20-/m0/s1. The molecule has 0 aliphatic carbocycles. The van der Waals surface area contributed by atoms with Gasteiger partial charge in [-0.05, 0) is 36.8 Å². The van der Waals surface area contributed by atoms with Crippen LogP contribution in [-0.2, 0) is 9.59 Å². The Morgan fingerprint density at radius 3 is 2.59 bits per heavy atom. The van der Waals surface area contributed by atoms with Crippen LogP contribution in [-0.4, -0.2) is 51.1 Å². The van der Waals surface area contributed by atoms with E-state index >= 15 is 0 Å². The van der Waals surface area contributed by atoms with Gasteiger partial charge in [-0.25, -0.2) is 4.90 Å². The molecule has 0 bridgehead atoms. The van der Waals surface area contributed by atoms with Gasteiger partial charge in [-0.1, -0.05) is 23.7 Å². The van der Waals surface area contributed by atoms with Crippen molar-refractivity contribution in [3.8, 4) is 5.75 Å². The second kappa shape index (κ2) is 8.05. The van der Waals surface area contributed by atoms with E-state index in [1.54, 1.807) is 31.4 Å². The van der Waals surface area contributed by atoms with Gasteiger partial charge in [0.1, 0.15) is 5.75 Å². The molecule has 6 nitrogen and oxygen atoms in total. The number of hydrogen-bond acceptors (Lipinski definition) is 4. The Bertz CT molecular complexity index is 941. The number of ether oxygens (including phenoxy) is 1. The molecule has 0 unspecified atom stereocenters. The molecule has 2 aromatic carbocycles. The first-order chi connectivity index (χ1) is 14.0. The van der Waals surface area contributed by atoms with Crippen LogP contribution in [0.1, 0.15) is 12.0 Å². The molecule has 2 fully saturated rings. The number of halogens is 1. The molecular formula is C22H25ClN3O3+. The van der Waals surface area contributed by atoms with Gasteiger partial charge in [0.25, 0.3) is 5.91 Å². The number of nitrogens with zero attached hydrogens (tertiary/aromatic N) is 2. The molecule has 0 saturated carbocycles. The Balaban J connectivity index is 1.46. The van der Waals surface area contributed by atoms with Gasteiger partial charge >= 0.3 is 0 Å². The van der Waals surface area contributed by atoms with Gasteiger partial charge in [0, 0.05) is 16.8 Å². The van der Waals surface area contributed by atoms with Crippen LogP contribution in [0, 0.1) is 6.92 Å². The van der Waals surface area contributed by atoms with Crippen LogP contribution in [0.4, 0.5) is 11.4 Å². The summed E-state index contributed by atoms with van der Waals surface area (Å²) in [5.74, 6) is 0.365. The molecular weight excluding hydrogens is 390 g/mol. The number of rotatable bonds is 4. The fourth-order valence-electron chi connectivity index (χ4n) is 4.28. The summed E-state index contributed by atoms with van der Waals surface area (Å²) in [7, 11) is 1.57. The fourth-order valence-corrected chi connectivity index (χ4v) is 4.44. The maximum Gasteiger partial charge on any atom is 0.292 e. The van der Waals surface area contributed by atoms with Crippen LogP contribution in [0.2, 0.25) is 5.02 Å². The molecule has 1 atom stereocenters. The van der Waals surface area contributed by atoms with Crippen molar-refractivity contribution in [3.63, 3.8) is 0 Å². The topological polar surface area (TPSA) is 54.3 Å². The number of carbonyl (C=O) groups excluding carboxylic acids is 2. The SMILES string of the molecule is COc1cccc(N2C(=O)C[C@H]([NH+]3CCN(c4cc(Cl)ccc4C)CC3)C2=O)c1. The highest BCUT2D eigenvalue weighted by Crippen LogP contribution is 2.27. The van der Waals surface area contributed by atoms with Crippen LogP contribution < -0.4 is 19.4 Å². The summed E-state index contributed by atoms with van der Waals surface area (Å²) in [5, 5.41) is 0.728. The van der Waals surface area contributed by atoms with Gasteiger partial charge < -0.3 is 14.5 Å². The molecule has 0 aromatic heterocycles. The van der Waals surface area contributed by atoms with E-state index in [-0.39, 0.29) is 24.3 Å². The first-order valence-corrected chi connectivity index (χ1v) is 10.2. The van der Waals surface area contributed by atoms with Gasteiger partial charge in [0.15, 0.2) is 6.04 Å². The monoisotopic (exact) mass is 414 g/mol. The number of carbonyl (C=O) groups is 2. The quantitative estimate of drug-likeness (QED) is 0.774. The Kier molecular flexibility index (Phi) is 5.48. The van der Waals surface area contributed by atoms with Crippen LogP contribution in [0.25, 0.3) is 0 Å². The summed E-state index contributed by atoms with van der Waals surface area (Å²) in [6.45, 7) is 5.35. The van der Waals surface area contributed by atoms with Crippen molar-refractivity contribution in [2.45, 2.75) is 19.4 Å². The van der Waals surface area contributed by atoms with Gasteiger partial charge in [0.05, 0.1) is 45.4 Å². The summed E-state index contributed by atoms with van der Waals surface area (Å²) < 4.78 is 5.23. The lowest BCUT2D eigenvalue weighted by Gasteiger charge is -2.36. The number of quaternary nitrogens is 1. The molecule has 0 spiro atoms. The van der Waals surface area contributed by atoms with Crippen molar-refractivity contribution in [1.82, 2.24) is 0 Å². The number of amides is 2. The van der Waals surface area contributed by atoms with Gasteiger partial charge in [0.2, 0.25) is 5.91 Å². The normalized spacial score (nSPS) is 20.4. The van der Waals surface area contributed by atoms with E-state index in [0.717, 1.165) is 36.9 Å². The first-order valence-electron chi connectivity index (χ1n) is 9.84. The summed E-state index contributed by atoms with van der Waals surface area (Å²) in [5.41, 5.74) is 2.91. The Morgan fingerprint density at radius 2 is 1.86 bits per heavy atom. The maximum atomic E-state index is 13.1. The van der Waals surface area contributed by atoms with Crippen LogP contribution in [0.5, 0.6) is 5.75 Å². The zero-order valence-corrected chi connectivity index (χ0v) is 17.4. The molecule has 2 heterocycles. The zero-order chi connectivity index (χ0) is 20.5. The molecule has 152 valence electrons. The van der Waals surface area contributed by atoms with E-state index in [4.69, 9.17) is 16.3 Å². The van der Waals surface area contributed by atoms with Crippen molar-refractivity contribution in [1.29, 1.82) is 0 Å². The van der Waals surface area contributed by atoms with Crippen molar-refractivity contribution < 1.29 is 19.2 Å². The Morgan fingerprint density at radius 1 is 1.10 bits per heavy atom. The first kappa shape index (κ1) is 19.7. The molecule has 1 N–H and O–H groups in total. The second-order valence-electron chi connectivity index (χ2n) is 7.60. The van der Waals surface area contributed by atoms with Crippen LogP contribution in [0.15, 0.2) is 42.5 Å². The second-order valence-corrected chi connectivity index (χ2v) is 8.04. The average molecular weight is 415 g/mol. The number of nitrogens with one attached hydrogen (secondary N) is 1. The highest BCUT2D eigenvalue weighted by molar-refractivity contribution is 6.30. The van der Waals surface area contributed by atoms with Crippen LogP contribution in [0.3, 0.4) is 0 Å². The predicted octanol–water partition coefficient (Wildman–Crippen LogP) is 1.69. The number of methoxy groups -OCH3 is 1. The minimum absolute atomic E-state index is 0.120. The third-order valence-electron chi connectivity index (χ3n) is 5.87. The lowest BCUT2D eigenvalue weighted by Crippen LogP contribution is -3.19. The number of piperazine rings is 1. The lowest BCUT2D eigenvalue weighted by atomic mass is 10.1. The highest BCUT2D eigenvalue weighted by Gasteiger charge is 2.46. The molecule has 2 saturated heterocycles. The summed E-state index contributed by atoms with van der Waals surface area (Å²) in [4.78, 5) is 30.5. The van der Waals surface area contributed by atoms with E-state index < -0.39 is 0 Å². The number of hydrogen-bond donors (Lipinski definition) is 1. The van der Waals surface area contributed by atoms with E-state index in [0.29, 0.717) is 11.4 Å². The molecule has 2 amide bonds. The molecule has 2 aromatic rings. The smallest absolute Gasteiger partial charge is 0.292 e. The summed E-state index contributed by atoms with van der Waals surface area (Å²) in [6, 6.07) is 12.7. The van der Waals surface area contributed by atoms with Gasteiger partial charge in [-0.3, -0.25) is 9.59 Å². The maximum absolute atomic E-state index is 13.1. The number of imide groups is 1. The number of anilines is 2. The summed E-state index contributed by atoms with van der Waals surface area (Å²) >= 11 is 6.17. The van der Waals surface area contributed by atoms with Gasteiger partial charge in [-0.2, -0.15) is 0 Å². The highest BCUT2D eigenvalue weighted by atomic mass is 35.5. The van der Waals surface area contributed by atoms with E-state index in [1.807, 2.05) is 18.2 Å². The minimum atomic E-state index is -0.323. The van der Waals surface area contributed by atoms with E-state index in [2.05, 4.69) is 11.8 Å². The Hall–Kier alpha value is -2.57. The molecule has 2 aliphatic rings. The molecule has 4 rings (SSSR count). The van der Waals surface area contributed by atoms with Crippen LogP contribution >= 0.6 is 11.6 Å². The lowest BCUT2D eigenvalue weighted by molar-refractivity contribution is -0.915. The third kappa shape index (κ3) is 3.82. The molecule has 7 heteroatoms. The molecule has 29 heavy (non-hydrogen) atoms. The van der Waals surface area contributed by atoms with Gasteiger partial charge in [-0.15, -0.1) is 0 Å². The van der Waals surface area contributed by atoms with Crippen molar-refractivity contribution in [3.05, 3.63) is 53.1 Å². The predicted molar refractivity (Wildman–Crippen MR) is 113 cm³/mol. The zero-order valence-electron chi connectivity index (χ0n) is 16.7. The molecule has 2 aliphatic heterocycles. The van der Waals surface area contributed by atoms with Crippen molar-refractivity contribution in [2.24, 2.45) is 0 Å². The van der Waals surface area contributed by atoms with E-state index in [9.17, 15) is 9.59 Å². The number of benzene rings is 2. The Labute approximate surface area is 175 Å². The van der Waals surface area contributed by atoms with E-state index in [1.165, 1.54) is 15.4 Å². The van der Waals surface area contributed by atoms with Crippen molar-refractivity contribution in [2.75, 3.05) is 43.1 Å².